The number of carbonyl (C=O) groups is 2. The maximum Gasteiger partial charge on any atom is 0.311 e. The molecule has 0 saturated carbocycles. The highest BCUT2D eigenvalue weighted by Gasteiger charge is 2.16. The molecule has 0 N–H and O–H groups in total. The number of nitro benzene ring substituents is 1. The van der Waals surface area contributed by atoms with Crippen molar-refractivity contribution in [2.75, 3.05) is 6.61 Å². The third-order valence-corrected chi connectivity index (χ3v) is 4.31. The summed E-state index contributed by atoms with van der Waals surface area (Å²) in [5.74, 6) is -0.590. The SMILES string of the molecule is CCCCCOC(=O)CCCCCCCCC(=O)Oc1ccccc1[N+](=O)[O-]. The molecule has 0 unspecified atom stereocenters. The van der Waals surface area contributed by atoms with Crippen LogP contribution in [0, 0.1) is 10.1 Å². The summed E-state index contributed by atoms with van der Waals surface area (Å²) in [6.45, 7) is 2.63. The molecule has 0 radical (unpaired) electrons. The maximum atomic E-state index is 11.8. The molecule has 0 amide bonds. The highest BCUT2D eigenvalue weighted by atomic mass is 16.6. The second-order valence-corrected chi connectivity index (χ2v) is 6.75. The normalized spacial score (nSPS) is 10.5. The third kappa shape index (κ3) is 10.6. The molecule has 1 aromatic carbocycles. The Kier molecular flexibility index (Phi) is 12.3. The molecule has 1 aromatic rings. The first-order valence-corrected chi connectivity index (χ1v) is 10.1. The molecule has 0 heterocycles. The van der Waals surface area contributed by atoms with Crippen molar-refractivity contribution in [1.82, 2.24) is 0 Å². The van der Waals surface area contributed by atoms with Crippen LogP contribution in [0.2, 0.25) is 0 Å². The largest absolute Gasteiger partial charge is 0.466 e. The Morgan fingerprint density at radius 1 is 0.893 bits per heavy atom. The summed E-state index contributed by atoms with van der Waals surface area (Å²) < 4.78 is 10.2. The lowest BCUT2D eigenvalue weighted by Gasteiger charge is -2.05. The van der Waals surface area contributed by atoms with E-state index in [-0.39, 0.29) is 23.8 Å². The Bertz CT molecular complexity index is 617. The molecular formula is C21H31NO6. The van der Waals surface area contributed by atoms with Crippen molar-refractivity contribution in [3.8, 4) is 5.75 Å². The molecule has 0 aliphatic heterocycles. The summed E-state index contributed by atoms with van der Waals surface area (Å²) in [4.78, 5) is 33.7. The Balaban J connectivity index is 2.03. The van der Waals surface area contributed by atoms with Crippen LogP contribution in [0.5, 0.6) is 5.75 Å². The van der Waals surface area contributed by atoms with Gasteiger partial charge in [-0.2, -0.15) is 0 Å². The average molecular weight is 393 g/mol. The quantitative estimate of drug-likeness (QED) is 0.131. The number of ether oxygens (including phenoxy) is 2. The minimum atomic E-state index is -0.566. The smallest absolute Gasteiger partial charge is 0.311 e. The molecule has 0 spiro atoms. The van der Waals surface area contributed by atoms with E-state index in [4.69, 9.17) is 9.47 Å². The van der Waals surface area contributed by atoms with Crippen molar-refractivity contribution < 1.29 is 24.0 Å². The number of nitrogens with zero attached hydrogens (tertiary/aromatic N) is 1. The van der Waals surface area contributed by atoms with Gasteiger partial charge < -0.3 is 9.47 Å². The van der Waals surface area contributed by atoms with Gasteiger partial charge in [-0.3, -0.25) is 19.7 Å². The average Bonchev–Trinajstić information content (AvgIpc) is 2.67. The summed E-state index contributed by atoms with van der Waals surface area (Å²) >= 11 is 0. The van der Waals surface area contributed by atoms with Crippen LogP contribution in [-0.4, -0.2) is 23.5 Å². The lowest BCUT2D eigenvalue weighted by molar-refractivity contribution is -0.385. The topological polar surface area (TPSA) is 95.7 Å². The van der Waals surface area contributed by atoms with E-state index in [1.54, 1.807) is 6.07 Å². The van der Waals surface area contributed by atoms with E-state index in [2.05, 4.69) is 6.92 Å². The first-order chi connectivity index (χ1) is 13.5. The van der Waals surface area contributed by atoms with Crippen LogP contribution in [0.4, 0.5) is 5.69 Å². The van der Waals surface area contributed by atoms with Crippen molar-refractivity contribution in [2.45, 2.75) is 77.6 Å². The van der Waals surface area contributed by atoms with Gasteiger partial charge in [-0.05, 0) is 25.3 Å². The molecule has 0 atom stereocenters. The standard InChI is InChI=1S/C21H31NO6/c1-2-3-12-17-27-20(23)15-8-6-4-5-7-9-16-21(24)28-19-14-11-10-13-18(19)22(25)26/h10-11,13-14H,2-9,12,15-17H2,1H3. The summed E-state index contributed by atoms with van der Waals surface area (Å²) in [6, 6.07) is 5.85. The molecule has 0 bridgehead atoms. The molecule has 0 saturated heterocycles. The Morgan fingerprint density at radius 2 is 1.50 bits per heavy atom. The van der Waals surface area contributed by atoms with E-state index in [0.29, 0.717) is 19.4 Å². The van der Waals surface area contributed by atoms with Gasteiger partial charge in [-0.15, -0.1) is 0 Å². The molecule has 1 rings (SSSR count). The van der Waals surface area contributed by atoms with Crippen LogP contribution in [0.25, 0.3) is 0 Å². The summed E-state index contributed by atoms with van der Waals surface area (Å²) in [6.07, 6.45) is 9.16. The molecule has 0 aliphatic carbocycles. The van der Waals surface area contributed by atoms with Gasteiger partial charge in [0.2, 0.25) is 5.75 Å². The van der Waals surface area contributed by atoms with Gasteiger partial charge >= 0.3 is 17.6 Å². The van der Waals surface area contributed by atoms with Gasteiger partial charge in [-0.25, -0.2) is 0 Å². The van der Waals surface area contributed by atoms with Crippen LogP contribution in [-0.2, 0) is 14.3 Å². The van der Waals surface area contributed by atoms with E-state index in [1.165, 1.54) is 18.2 Å². The number of benzene rings is 1. The van der Waals surface area contributed by atoms with E-state index in [1.807, 2.05) is 0 Å². The predicted octanol–water partition coefficient (Wildman–Crippen LogP) is 5.35. The van der Waals surface area contributed by atoms with Crippen LogP contribution in [0.3, 0.4) is 0 Å². The number of carbonyl (C=O) groups excluding carboxylic acids is 2. The Labute approximate surface area is 166 Å². The van der Waals surface area contributed by atoms with Crippen molar-refractivity contribution in [2.24, 2.45) is 0 Å². The Morgan fingerprint density at radius 3 is 2.14 bits per heavy atom. The van der Waals surface area contributed by atoms with Crippen molar-refractivity contribution >= 4 is 17.6 Å². The summed E-state index contributed by atoms with van der Waals surface area (Å²) in [5.41, 5.74) is -0.209. The first kappa shape index (κ1) is 23.6. The Hall–Kier alpha value is -2.44. The minimum Gasteiger partial charge on any atom is -0.466 e. The van der Waals surface area contributed by atoms with Crippen LogP contribution in [0.15, 0.2) is 24.3 Å². The van der Waals surface area contributed by atoms with Gasteiger partial charge in [0.05, 0.1) is 11.5 Å². The third-order valence-electron chi connectivity index (χ3n) is 4.31. The molecule has 156 valence electrons. The van der Waals surface area contributed by atoms with Crippen molar-refractivity contribution in [3.63, 3.8) is 0 Å². The van der Waals surface area contributed by atoms with Gasteiger partial charge in [-0.1, -0.05) is 57.6 Å². The number of unbranched alkanes of at least 4 members (excludes halogenated alkanes) is 7. The zero-order chi connectivity index (χ0) is 20.6. The predicted molar refractivity (Wildman–Crippen MR) is 106 cm³/mol. The van der Waals surface area contributed by atoms with Crippen LogP contribution >= 0.6 is 0 Å². The second kappa shape index (κ2) is 14.6. The summed E-state index contributed by atoms with van der Waals surface area (Å²) in [7, 11) is 0. The first-order valence-electron chi connectivity index (χ1n) is 10.1. The fourth-order valence-corrected chi connectivity index (χ4v) is 2.72. The van der Waals surface area contributed by atoms with Gasteiger partial charge in [0.1, 0.15) is 0 Å². The number of nitro groups is 1. The van der Waals surface area contributed by atoms with E-state index >= 15 is 0 Å². The van der Waals surface area contributed by atoms with Gasteiger partial charge in [0.25, 0.3) is 0 Å². The van der Waals surface area contributed by atoms with Crippen molar-refractivity contribution in [3.05, 3.63) is 34.4 Å². The molecule has 28 heavy (non-hydrogen) atoms. The fraction of sp³-hybridized carbons (Fsp3) is 0.619. The maximum absolute atomic E-state index is 11.8. The summed E-state index contributed by atoms with van der Waals surface area (Å²) in [5, 5.41) is 10.9. The van der Waals surface area contributed by atoms with Crippen LogP contribution in [0.1, 0.15) is 77.6 Å². The highest BCUT2D eigenvalue weighted by Crippen LogP contribution is 2.26. The number of hydrogen-bond donors (Lipinski definition) is 0. The van der Waals surface area contributed by atoms with E-state index < -0.39 is 10.9 Å². The van der Waals surface area contributed by atoms with Crippen molar-refractivity contribution in [1.29, 1.82) is 0 Å². The monoisotopic (exact) mass is 393 g/mol. The molecule has 7 nitrogen and oxygen atoms in total. The number of hydrogen-bond acceptors (Lipinski definition) is 6. The van der Waals surface area contributed by atoms with E-state index in [9.17, 15) is 19.7 Å². The van der Waals surface area contributed by atoms with Gasteiger partial charge in [0.15, 0.2) is 0 Å². The minimum absolute atomic E-state index is 0.0147. The zero-order valence-corrected chi connectivity index (χ0v) is 16.7. The molecule has 7 heteroatoms. The lowest BCUT2D eigenvalue weighted by atomic mass is 10.1. The second-order valence-electron chi connectivity index (χ2n) is 6.75. The molecule has 0 aliphatic rings. The number of para-hydroxylation sites is 2. The molecular weight excluding hydrogens is 362 g/mol. The van der Waals surface area contributed by atoms with E-state index in [0.717, 1.165) is 51.4 Å². The van der Waals surface area contributed by atoms with Crippen LogP contribution < -0.4 is 4.74 Å². The number of rotatable bonds is 15. The van der Waals surface area contributed by atoms with Gasteiger partial charge in [0, 0.05) is 18.9 Å². The fourth-order valence-electron chi connectivity index (χ4n) is 2.72. The molecule has 0 fully saturated rings. The lowest BCUT2D eigenvalue weighted by Crippen LogP contribution is -2.08. The molecule has 0 aromatic heterocycles. The number of esters is 2. The zero-order valence-electron chi connectivity index (χ0n) is 16.7. The highest BCUT2D eigenvalue weighted by molar-refractivity contribution is 5.73.